The van der Waals surface area contributed by atoms with Crippen LogP contribution in [-0.4, -0.2) is 33.8 Å². The van der Waals surface area contributed by atoms with Crippen molar-refractivity contribution in [3.05, 3.63) is 66.1 Å². The molecule has 3 aromatic rings. The van der Waals surface area contributed by atoms with E-state index in [0.717, 1.165) is 22.0 Å². The highest BCUT2D eigenvalue weighted by molar-refractivity contribution is 7.98. The van der Waals surface area contributed by atoms with Gasteiger partial charge in [0.15, 0.2) is 0 Å². The van der Waals surface area contributed by atoms with Gasteiger partial charge in [0, 0.05) is 42.2 Å². The summed E-state index contributed by atoms with van der Waals surface area (Å²) in [7, 11) is 1.71. The number of aromatic nitrogens is 2. The summed E-state index contributed by atoms with van der Waals surface area (Å²) in [6.45, 7) is 0.444. The number of imidazole rings is 1. The molecule has 3 rings (SSSR count). The number of benzene rings is 1. The van der Waals surface area contributed by atoms with Crippen LogP contribution in [0.2, 0.25) is 0 Å². The maximum Gasteiger partial charge on any atom is 0.253 e. The van der Waals surface area contributed by atoms with Gasteiger partial charge in [-0.3, -0.25) is 4.79 Å². The Kier molecular flexibility index (Phi) is 5.36. The van der Waals surface area contributed by atoms with Crippen molar-refractivity contribution in [1.29, 1.82) is 5.26 Å². The van der Waals surface area contributed by atoms with Crippen molar-refractivity contribution in [2.45, 2.75) is 17.1 Å². The van der Waals surface area contributed by atoms with E-state index in [1.165, 1.54) is 0 Å². The van der Waals surface area contributed by atoms with Gasteiger partial charge in [-0.25, -0.2) is 4.98 Å². The van der Waals surface area contributed by atoms with E-state index in [1.807, 2.05) is 59.3 Å². The number of carbonyl (C=O) groups is 1. The molecule has 2 heterocycles. The fourth-order valence-corrected chi connectivity index (χ4v) is 3.23. The largest absolute Gasteiger partial charge is 0.341 e. The number of amides is 1. The van der Waals surface area contributed by atoms with Gasteiger partial charge in [0.25, 0.3) is 5.91 Å². The van der Waals surface area contributed by atoms with Gasteiger partial charge >= 0.3 is 0 Å². The quantitative estimate of drug-likeness (QED) is 0.637. The average Bonchev–Trinajstić information content (AvgIpc) is 3.07. The molecule has 0 aliphatic carbocycles. The summed E-state index contributed by atoms with van der Waals surface area (Å²) >= 11 is 1.69. The Bertz CT molecular complexity index is 878. The molecule has 5 nitrogen and oxygen atoms in total. The Hall–Kier alpha value is -2.78. The summed E-state index contributed by atoms with van der Waals surface area (Å²) in [5, 5.41) is 8.61. The molecule has 1 aromatic carbocycles. The molecular formula is C19H18N4OS. The van der Waals surface area contributed by atoms with Crippen LogP contribution >= 0.6 is 11.8 Å². The minimum atomic E-state index is -0.0628. The third kappa shape index (κ3) is 4.20. The molecule has 0 radical (unpaired) electrons. The van der Waals surface area contributed by atoms with Crippen LogP contribution in [0.3, 0.4) is 0 Å². The number of rotatable bonds is 6. The summed E-state index contributed by atoms with van der Waals surface area (Å²) in [4.78, 5) is 19.5. The highest BCUT2D eigenvalue weighted by atomic mass is 32.2. The monoisotopic (exact) mass is 350 g/mol. The Morgan fingerprint density at radius 1 is 1.28 bits per heavy atom. The van der Waals surface area contributed by atoms with E-state index < -0.39 is 0 Å². The second-order valence-corrected chi connectivity index (χ2v) is 6.69. The summed E-state index contributed by atoms with van der Waals surface area (Å²) < 4.78 is 2.01. The molecule has 0 atom stereocenters. The Labute approximate surface area is 150 Å². The van der Waals surface area contributed by atoms with E-state index in [0.29, 0.717) is 18.5 Å². The molecule has 0 N–H and O–H groups in total. The van der Waals surface area contributed by atoms with Gasteiger partial charge < -0.3 is 9.30 Å². The third-order valence-corrected chi connectivity index (χ3v) is 4.85. The van der Waals surface area contributed by atoms with Crippen LogP contribution < -0.4 is 0 Å². The predicted octanol–water partition coefficient (Wildman–Crippen LogP) is 3.61. The molecule has 0 unspecified atom stereocenters. The first-order valence-corrected chi connectivity index (χ1v) is 8.94. The van der Waals surface area contributed by atoms with Crippen LogP contribution in [0.4, 0.5) is 0 Å². The second-order valence-electron chi connectivity index (χ2n) is 5.65. The zero-order chi connectivity index (χ0) is 17.6. The fraction of sp³-hybridized carbons (Fsp3) is 0.211. The molecule has 0 spiro atoms. The van der Waals surface area contributed by atoms with Crippen LogP contribution in [-0.2, 0) is 5.75 Å². The lowest BCUT2D eigenvalue weighted by molar-refractivity contribution is 0.0798. The number of pyridine rings is 1. The van der Waals surface area contributed by atoms with Gasteiger partial charge in [-0.2, -0.15) is 5.26 Å². The summed E-state index contributed by atoms with van der Waals surface area (Å²) in [6, 6.07) is 15.6. The average molecular weight is 350 g/mol. The first-order chi connectivity index (χ1) is 12.2. The molecule has 25 heavy (non-hydrogen) atoms. The van der Waals surface area contributed by atoms with E-state index in [2.05, 4.69) is 11.1 Å². The first-order valence-electron chi connectivity index (χ1n) is 7.95. The van der Waals surface area contributed by atoms with Crippen molar-refractivity contribution in [3.63, 3.8) is 0 Å². The van der Waals surface area contributed by atoms with E-state index in [1.54, 1.807) is 23.7 Å². The van der Waals surface area contributed by atoms with Crippen molar-refractivity contribution in [1.82, 2.24) is 14.3 Å². The van der Waals surface area contributed by atoms with Gasteiger partial charge in [-0.1, -0.05) is 6.07 Å². The van der Waals surface area contributed by atoms with Crippen LogP contribution in [0, 0.1) is 11.3 Å². The molecule has 0 aliphatic rings. The molecule has 2 aromatic heterocycles. The first kappa shape index (κ1) is 17.1. The summed E-state index contributed by atoms with van der Waals surface area (Å²) in [5.41, 5.74) is 2.60. The van der Waals surface area contributed by atoms with Gasteiger partial charge in [0.1, 0.15) is 5.65 Å². The van der Waals surface area contributed by atoms with Crippen molar-refractivity contribution < 1.29 is 4.79 Å². The van der Waals surface area contributed by atoms with Crippen LogP contribution in [0.15, 0.2) is 59.8 Å². The van der Waals surface area contributed by atoms with Crippen molar-refractivity contribution in [3.8, 4) is 6.07 Å². The smallest absolute Gasteiger partial charge is 0.253 e. The molecule has 0 saturated carbocycles. The maximum absolute atomic E-state index is 12.2. The standard InChI is InChI=1S/C19H18N4OS/c1-22(11-4-10-20)19(24)15-6-8-17(9-7-15)25-14-16-13-23-12-3-2-5-18(23)21-16/h2-3,5-9,12-13H,4,11,14H2,1H3. The zero-order valence-electron chi connectivity index (χ0n) is 13.9. The van der Waals surface area contributed by atoms with E-state index >= 15 is 0 Å². The Balaban J connectivity index is 1.60. The molecule has 6 heteroatoms. The predicted molar refractivity (Wildman–Crippen MR) is 98.4 cm³/mol. The van der Waals surface area contributed by atoms with Crippen molar-refractivity contribution in [2.24, 2.45) is 0 Å². The lowest BCUT2D eigenvalue weighted by atomic mass is 10.2. The third-order valence-electron chi connectivity index (χ3n) is 3.81. The highest BCUT2D eigenvalue weighted by Crippen LogP contribution is 2.23. The second kappa shape index (κ2) is 7.86. The molecular weight excluding hydrogens is 332 g/mol. The molecule has 0 bridgehead atoms. The van der Waals surface area contributed by atoms with E-state index in [4.69, 9.17) is 5.26 Å². The topological polar surface area (TPSA) is 61.4 Å². The van der Waals surface area contributed by atoms with Crippen molar-refractivity contribution >= 4 is 23.3 Å². The molecule has 0 aliphatic heterocycles. The minimum Gasteiger partial charge on any atom is -0.341 e. The molecule has 0 fully saturated rings. The van der Waals surface area contributed by atoms with Crippen LogP contribution in [0.5, 0.6) is 0 Å². The lowest BCUT2D eigenvalue weighted by Crippen LogP contribution is -2.27. The number of nitrogens with zero attached hydrogens (tertiary/aromatic N) is 4. The summed E-state index contributed by atoms with van der Waals surface area (Å²) in [6.07, 6.45) is 4.36. The Morgan fingerprint density at radius 3 is 2.80 bits per heavy atom. The number of hydrogen-bond donors (Lipinski definition) is 0. The number of fused-ring (bicyclic) bond motifs is 1. The summed E-state index contributed by atoms with van der Waals surface area (Å²) in [5.74, 6) is 0.712. The van der Waals surface area contributed by atoms with Gasteiger partial charge in [0.2, 0.25) is 0 Å². The Morgan fingerprint density at radius 2 is 2.08 bits per heavy atom. The van der Waals surface area contributed by atoms with Gasteiger partial charge in [-0.05, 0) is 36.4 Å². The van der Waals surface area contributed by atoms with Crippen LogP contribution in [0.1, 0.15) is 22.5 Å². The fourth-order valence-electron chi connectivity index (χ4n) is 2.45. The molecule has 0 saturated heterocycles. The minimum absolute atomic E-state index is 0.0628. The normalized spacial score (nSPS) is 10.6. The van der Waals surface area contributed by atoms with E-state index in [9.17, 15) is 4.79 Å². The van der Waals surface area contributed by atoms with Gasteiger partial charge in [0.05, 0.1) is 18.2 Å². The number of hydrogen-bond acceptors (Lipinski definition) is 4. The molecule has 1 amide bonds. The van der Waals surface area contributed by atoms with Crippen LogP contribution in [0.25, 0.3) is 5.65 Å². The van der Waals surface area contributed by atoms with Gasteiger partial charge in [-0.15, -0.1) is 11.8 Å². The lowest BCUT2D eigenvalue weighted by Gasteiger charge is -2.15. The zero-order valence-corrected chi connectivity index (χ0v) is 14.7. The maximum atomic E-state index is 12.2. The number of thioether (sulfide) groups is 1. The van der Waals surface area contributed by atoms with Crippen molar-refractivity contribution in [2.75, 3.05) is 13.6 Å². The SMILES string of the molecule is CN(CCC#N)C(=O)c1ccc(SCc2cn3ccccc3n2)cc1. The number of carbonyl (C=O) groups excluding carboxylic acids is 1. The molecule has 126 valence electrons. The van der Waals surface area contributed by atoms with E-state index in [-0.39, 0.29) is 5.91 Å². The highest BCUT2D eigenvalue weighted by Gasteiger charge is 2.11. The number of nitriles is 1.